The van der Waals surface area contributed by atoms with Crippen LogP contribution in [0.1, 0.15) is 0 Å². The maximum Gasteiger partial charge on any atom is 0.272 e. The van der Waals surface area contributed by atoms with Gasteiger partial charge in [-0.25, -0.2) is 18.4 Å². The number of pyridine rings is 1. The molecule has 0 radical (unpaired) electrons. The van der Waals surface area contributed by atoms with Gasteiger partial charge in [-0.15, -0.1) is 0 Å². The molecular weight excluding hydrogens is 513 g/mol. The van der Waals surface area contributed by atoms with E-state index in [1.54, 1.807) is 36.4 Å². The highest BCUT2D eigenvalue weighted by Gasteiger charge is 2.29. The molecule has 33 heavy (non-hydrogen) atoms. The minimum absolute atomic E-state index is 0.0839. The van der Waals surface area contributed by atoms with Crippen molar-refractivity contribution >= 4 is 74.0 Å². The molecule has 174 valence electrons. The molecule has 0 atom stereocenters. The molecular formula is C19H18Cl3N7O3S. The van der Waals surface area contributed by atoms with Gasteiger partial charge in [-0.3, -0.25) is 9.52 Å². The lowest BCUT2D eigenvalue weighted by Gasteiger charge is -2.12. The van der Waals surface area contributed by atoms with Crippen molar-refractivity contribution in [1.29, 1.82) is 0 Å². The summed E-state index contributed by atoms with van der Waals surface area (Å²) >= 11 is 16.4. The standard InChI is InChI=1S/C19H18Cl3N7O3S/c20-19(21,22)17(30)24-11-12-26-18-25-10-8-16(28-18)27-13-4-6-14(7-5-13)33(31,32)29-15-3-1-2-9-23-15/h1-10H,11-12H2,(H,23,29)(H,24,30)(H2,25,26,27,28). The van der Waals surface area contributed by atoms with Crippen molar-refractivity contribution in [2.24, 2.45) is 0 Å². The van der Waals surface area contributed by atoms with E-state index in [1.807, 2.05) is 0 Å². The number of nitrogens with one attached hydrogen (secondary N) is 4. The number of rotatable bonds is 9. The largest absolute Gasteiger partial charge is 0.352 e. The van der Waals surface area contributed by atoms with Crippen molar-refractivity contribution in [2.75, 3.05) is 28.4 Å². The molecule has 4 N–H and O–H groups in total. The van der Waals surface area contributed by atoms with E-state index >= 15 is 0 Å². The van der Waals surface area contributed by atoms with E-state index in [-0.39, 0.29) is 17.3 Å². The number of alkyl halides is 3. The van der Waals surface area contributed by atoms with E-state index in [9.17, 15) is 13.2 Å². The molecule has 2 aromatic heterocycles. The molecule has 0 aliphatic carbocycles. The Hall–Kier alpha value is -2.86. The van der Waals surface area contributed by atoms with Crippen molar-refractivity contribution in [1.82, 2.24) is 20.3 Å². The van der Waals surface area contributed by atoms with Crippen molar-refractivity contribution in [2.45, 2.75) is 8.69 Å². The van der Waals surface area contributed by atoms with Crippen molar-refractivity contribution in [3.63, 3.8) is 0 Å². The molecule has 3 rings (SSSR count). The monoisotopic (exact) mass is 529 g/mol. The van der Waals surface area contributed by atoms with Gasteiger partial charge in [0.1, 0.15) is 11.6 Å². The number of carbonyl (C=O) groups excluding carboxylic acids is 1. The number of hydrogen-bond donors (Lipinski definition) is 4. The van der Waals surface area contributed by atoms with Gasteiger partial charge in [0.25, 0.3) is 19.7 Å². The lowest BCUT2D eigenvalue weighted by Crippen LogP contribution is -2.37. The van der Waals surface area contributed by atoms with Crippen molar-refractivity contribution in [3.8, 4) is 0 Å². The Balaban J connectivity index is 1.56. The summed E-state index contributed by atoms with van der Waals surface area (Å²) < 4.78 is 25.4. The van der Waals surface area contributed by atoms with Crippen LogP contribution >= 0.6 is 34.8 Å². The van der Waals surface area contributed by atoms with Gasteiger partial charge >= 0.3 is 0 Å². The Bertz CT molecular complexity index is 1190. The fourth-order valence-corrected chi connectivity index (χ4v) is 3.66. The maximum atomic E-state index is 12.5. The molecule has 0 spiro atoms. The van der Waals surface area contributed by atoms with Crippen molar-refractivity contribution in [3.05, 3.63) is 60.9 Å². The Labute approximate surface area is 205 Å². The Morgan fingerprint density at radius 3 is 2.33 bits per heavy atom. The van der Waals surface area contributed by atoms with Gasteiger partial charge in [-0.1, -0.05) is 40.9 Å². The molecule has 0 bridgehead atoms. The number of nitrogens with zero attached hydrogens (tertiary/aromatic N) is 3. The smallest absolute Gasteiger partial charge is 0.272 e. The van der Waals surface area contributed by atoms with Crippen LogP contribution in [0.4, 0.5) is 23.3 Å². The van der Waals surface area contributed by atoms with Gasteiger partial charge in [0.05, 0.1) is 4.90 Å². The maximum absolute atomic E-state index is 12.5. The molecule has 14 heteroatoms. The summed E-state index contributed by atoms with van der Waals surface area (Å²) in [7, 11) is -3.77. The van der Waals surface area contributed by atoms with Gasteiger partial charge in [0.2, 0.25) is 5.95 Å². The van der Waals surface area contributed by atoms with E-state index in [4.69, 9.17) is 34.8 Å². The molecule has 3 aromatic rings. The average molecular weight is 531 g/mol. The summed E-state index contributed by atoms with van der Waals surface area (Å²) in [5.41, 5.74) is 0.617. The first kappa shape index (κ1) is 24.8. The summed E-state index contributed by atoms with van der Waals surface area (Å²) in [6.45, 7) is 0.488. The first-order chi connectivity index (χ1) is 15.6. The highest BCUT2D eigenvalue weighted by Crippen LogP contribution is 2.25. The molecule has 0 saturated carbocycles. The van der Waals surface area contributed by atoms with Crippen LogP contribution in [0.2, 0.25) is 0 Å². The van der Waals surface area contributed by atoms with E-state index in [0.717, 1.165) is 0 Å². The number of carbonyl (C=O) groups is 1. The number of anilines is 4. The summed E-state index contributed by atoms with van der Waals surface area (Å²) in [6, 6.07) is 12.7. The second kappa shape index (κ2) is 10.8. The summed E-state index contributed by atoms with van der Waals surface area (Å²) in [5.74, 6) is 0.279. The third-order valence-electron chi connectivity index (χ3n) is 3.95. The fraction of sp³-hybridized carbons (Fsp3) is 0.158. The molecule has 1 amide bonds. The summed E-state index contributed by atoms with van der Waals surface area (Å²) in [6.07, 6.45) is 3.03. The van der Waals surface area contributed by atoms with Crippen LogP contribution in [0, 0.1) is 0 Å². The van der Waals surface area contributed by atoms with E-state index < -0.39 is 19.7 Å². The van der Waals surface area contributed by atoms with Gasteiger partial charge < -0.3 is 16.0 Å². The number of aromatic nitrogens is 3. The second-order valence-electron chi connectivity index (χ2n) is 6.42. The van der Waals surface area contributed by atoms with E-state index in [0.29, 0.717) is 24.0 Å². The highest BCUT2D eigenvalue weighted by molar-refractivity contribution is 7.92. The number of sulfonamides is 1. The minimum atomic E-state index is -3.77. The van der Waals surface area contributed by atoms with Gasteiger partial charge in [-0.2, -0.15) is 4.98 Å². The molecule has 0 unspecified atom stereocenters. The van der Waals surface area contributed by atoms with Crippen LogP contribution in [0.3, 0.4) is 0 Å². The van der Waals surface area contributed by atoms with Crippen LogP contribution in [0.25, 0.3) is 0 Å². The topological polar surface area (TPSA) is 138 Å². The molecule has 0 saturated heterocycles. The third-order valence-corrected chi connectivity index (χ3v) is 5.83. The Morgan fingerprint density at radius 1 is 0.909 bits per heavy atom. The SMILES string of the molecule is O=C(NCCNc1nccc(Nc2ccc(S(=O)(=O)Nc3ccccn3)cc2)n1)C(Cl)(Cl)Cl. The Kier molecular flexibility index (Phi) is 8.14. The van der Waals surface area contributed by atoms with Crippen molar-refractivity contribution < 1.29 is 13.2 Å². The lowest BCUT2D eigenvalue weighted by molar-refractivity contribution is -0.120. The van der Waals surface area contributed by atoms with Gasteiger partial charge in [0, 0.05) is 31.2 Å². The summed E-state index contributed by atoms with van der Waals surface area (Å²) in [5, 5.41) is 8.44. The first-order valence-corrected chi connectivity index (χ1v) is 12.0. The first-order valence-electron chi connectivity index (χ1n) is 9.36. The van der Waals surface area contributed by atoms with E-state index in [2.05, 4.69) is 35.6 Å². The second-order valence-corrected chi connectivity index (χ2v) is 10.4. The van der Waals surface area contributed by atoms with E-state index in [1.165, 1.54) is 24.5 Å². The fourth-order valence-electron chi connectivity index (χ4n) is 2.45. The van der Waals surface area contributed by atoms with Gasteiger partial charge in [0.15, 0.2) is 0 Å². The Morgan fingerprint density at radius 2 is 1.67 bits per heavy atom. The number of halogens is 3. The van der Waals surface area contributed by atoms with Gasteiger partial charge in [-0.05, 0) is 42.5 Å². The number of hydrogen-bond acceptors (Lipinski definition) is 8. The molecule has 0 aliphatic heterocycles. The zero-order valence-corrected chi connectivity index (χ0v) is 19.9. The summed E-state index contributed by atoms with van der Waals surface area (Å²) in [4.78, 5) is 23.9. The lowest BCUT2D eigenvalue weighted by atomic mass is 10.3. The third kappa shape index (κ3) is 7.60. The zero-order chi connectivity index (χ0) is 23.9. The van der Waals surface area contributed by atoms with Crippen LogP contribution in [-0.4, -0.2) is 46.2 Å². The number of amides is 1. The minimum Gasteiger partial charge on any atom is -0.352 e. The average Bonchev–Trinajstić information content (AvgIpc) is 2.77. The molecule has 2 heterocycles. The number of benzene rings is 1. The zero-order valence-electron chi connectivity index (χ0n) is 16.8. The molecule has 0 fully saturated rings. The molecule has 0 aliphatic rings. The van der Waals surface area contributed by atoms with Crippen LogP contribution in [0.5, 0.6) is 0 Å². The van der Waals surface area contributed by atoms with Crippen LogP contribution in [-0.2, 0) is 14.8 Å². The molecule has 10 nitrogen and oxygen atoms in total. The predicted molar refractivity (Wildman–Crippen MR) is 129 cm³/mol. The normalized spacial score (nSPS) is 11.5. The molecule has 1 aromatic carbocycles. The highest BCUT2D eigenvalue weighted by atomic mass is 35.6. The quantitative estimate of drug-likeness (QED) is 0.244. The predicted octanol–water partition coefficient (Wildman–Crippen LogP) is 3.31. The van der Waals surface area contributed by atoms with Crippen LogP contribution < -0.4 is 20.7 Å². The van der Waals surface area contributed by atoms with Crippen LogP contribution in [0.15, 0.2) is 65.8 Å².